The molecule has 0 bridgehead atoms. The molecule has 5 N–H and O–H groups in total. The summed E-state index contributed by atoms with van der Waals surface area (Å²) >= 11 is 0. The highest BCUT2D eigenvalue weighted by Crippen LogP contribution is 2.11. The van der Waals surface area contributed by atoms with Gasteiger partial charge in [-0.25, -0.2) is 5.84 Å². The van der Waals surface area contributed by atoms with Gasteiger partial charge in [-0.1, -0.05) is 0 Å². The van der Waals surface area contributed by atoms with Crippen LogP contribution in [0, 0.1) is 10.1 Å². The number of amidine groups is 1. The highest BCUT2D eigenvalue weighted by Gasteiger charge is 2.06. The summed E-state index contributed by atoms with van der Waals surface area (Å²) in [5, 5.41) is 13.7. The van der Waals surface area contributed by atoms with Crippen molar-refractivity contribution in [2.45, 2.75) is 0 Å². The van der Waals surface area contributed by atoms with E-state index in [0.29, 0.717) is 5.56 Å². The third kappa shape index (κ3) is 1.96. The molecule has 0 fully saturated rings. The Balaban J connectivity index is 2.99. The maximum Gasteiger partial charge on any atom is 0.269 e. The van der Waals surface area contributed by atoms with E-state index < -0.39 is 4.92 Å². The predicted molar refractivity (Wildman–Crippen MR) is 51.1 cm³/mol. The third-order valence-electron chi connectivity index (χ3n) is 1.62. The lowest BCUT2D eigenvalue weighted by Crippen LogP contribution is -2.31. The normalized spacial score (nSPS) is 11.1. The van der Waals surface area contributed by atoms with Crippen molar-refractivity contribution in [3.05, 3.63) is 39.9 Å². The lowest BCUT2D eigenvalue weighted by atomic mass is 10.2. The topological polar surface area (TPSA) is 120 Å². The summed E-state index contributed by atoms with van der Waals surface area (Å²) in [6.45, 7) is 0. The van der Waals surface area contributed by atoms with Crippen LogP contribution in [0.1, 0.15) is 5.56 Å². The van der Waals surface area contributed by atoms with E-state index >= 15 is 0 Å². The van der Waals surface area contributed by atoms with Crippen molar-refractivity contribution in [2.75, 3.05) is 0 Å². The molecule has 0 heterocycles. The molecule has 1 rings (SSSR count). The first-order valence-corrected chi connectivity index (χ1v) is 3.68. The molecule has 0 aliphatic carbocycles. The first-order chi connectivity index (χ1) is 6.69. The molecule has 0 aliphatic rings. The highest BCUT2D eigenvalue weighted by atomic mass is 16.6. The number of nitro groups is 1. The van der Waals surface area contributed by atoms with Crippen LogP contribution < -0.4 is 17.1 Å². The summed E-state index contributed by atoms with van der Waals surface area (Å²) in [6, 6.07) is 5.70. The van der Waals surface area contributed by atoms with E-state index in [2.05, 4.69) is 10.5 Å². The Morgan fingerprint density at radius 3 is 2.36 bits per heavy atom. The van der Waals surface area contributed by atoms with Gasteiger partial charge in [0.2, 0.25) is 0 Å². The number of rotatable bonds is 2. The minimum atomic E-state index is -0.487. The summed E-state index contributed by atoms with van der Waals surface area (Å²) in [5.41, 5.74) is 2.86. The number of hydrazine groups is 1. The zero-order chi connectivity index (χ0) is 10.6. The van der Waals surface area contributed by atoms with Crippen molar-refractivity contribution in [1.29, 1.82) is 0 Å². The number of non-ortho nitro benzene ring substituents is 1. The van der Waals surface area contributed by atoms with Crippen molar-refractivity contribution < 1.29 is 4.92 Å². The molecular formula is C7H9N5O2. The Morgan fingerprint density at radius 2 is 2.00 bits per heavy atom. The Morgan fingerprint density at radius 1 is 1.43 bits per heavy atom. The molecule has 1 aromatic carbocycles. The van der Waals surface area contributed by atoms with Crippen LogP contribution in [0.15, 0.2) is 29.4 Å². The maximum absolute atomic E-state index is 10.3. The molecule has 0 radical (unpaired) electrons. The van der Waals surface area contributed by atoms with Crippen LogP contribution >= 0.6 is 0 Å². The Hall–Kier alpha value is -2.15. The molecule has 7 heteroatoms. The molecule has 0 unspecified atom stereocenters. The van der Waals surface area contributed by atoms with Crippen LogP contribution in [0.2, 0.25) is 0 Å². The Labute approximate surface area is 79.5 Å². The largest absolute Gasteiger partial charge is 0.321 e. The van der Waals surface area contributed by atoms with Crippen LogP contribution in [-0.4, -0.2) is 10.8 Å². The average molecular weight is 195 g/mol. The van der Waals surface area contributed by atoms with E-state index in [1.54, 1.807) is 0 Å². The number of hydrogen-bond donors (Lipinski definition) is 3. The molecule has 7 nitrogen and oxygen atoms in total. The van der Waals surface area contributed by atoms with Gasteiger partial charge >= 0.3 is 0 Å². The number of nitrogens with one attached hydrogen (secondary N) is 1. The SMILES string of the molecule is N/N=C(\NN)c1ccc([N+](=O)[O-])cc1. The Kier molecular flexibility index (Phi) is 2.97. The molecule has 0 saturated carbocycles. The zero-order valence-corrected chi connectivity index (χ0v) is 7.18. The fourth-order valence-electron chi connectivity index (χ4n) is 0.936. The van der Waals surface area contributed by atoms with Crippen molar-refractivity contribution in [1.82, 2.24) is 5.43 Å². The molecule has 1 aromatic rings. The van der Waals surface area contributed by atoms with Gasteiger partial charge in [0.25, 0.3) is 5.69 Å². The van der Waals surface area contributed by atoms with Crippen molar-refractivity contribution in [2.24, 2.45) is 16.8 Å². The number of nitrogens with zero attached hydrogens (tertiary/aromatic N) is 2. The van der Waals surface area contributed by atoms with Crippen molar-refractivity contribution in [3.63, 3.8) is 0 Å². The van der Waals surface area contributed by atoms with Gasteiger partial charge in [0.15, 0.2) is 5.84 Å². The zero-order valence-electron chi connectivity index (χ0n) is 7.18. The summed E-state index contributed by atoms with van der Waals surface area (Å²) in [5.74, 6) is 10.4. The minimum Gasteiger partial charge on any atom is -0.321 e. The quantitative estimate of drug-likeness (QED) is 0.196. The van der Waals surface area contributed by atoms with Gasteiger partial charge in [-0.05, 0) is 12.1 Å². The number of benzene rings is 1. The monoisotopic (exact) mass is 195 g/mol. The number of hydrazone groups is 1. The van der Waals surface area contributed by atoms with Crippen molar-refractivity contribution >= 4 is 11.5 Å². The second-order valence-electron chi connectivity index (χ2n) is 2.43. The maximum atomic E-state index is 10.3. The second kappa shape index (κ2) is 4.19. The molecule has 14 heavy (non-hydrogen) atoms. The summed E-state index contributed by atoms with van der Waals surface area (Å²) in [6.07, 6.45) is 0. The minimum absolute atomic E-state index is 0.00198. The third-order valence-corrected chi connectivity index (χ3v) is 1.62. The highest BCUT2D eigenvalue weighted by molar-refractivity contribution is 5.98. The fourth-order valence-corrected chi connectivity index (χ4v) is 0.936. The average Bonchev–Trinajstić information content (AvgIpc) is 2.20. The summed E-state index contributed by atoms with van der Waals surface area (Å²) in [4.78, 5) is 9.84. The Bertz CT molecular complexity index is 359. The molecule has 0 aliphatic heterocycles. The van der Waals surface area contributed by atoms with E-state index in [1.807, 2.05) is 0 Å². The second-order valence-corrected chi connectivity index (χ2v) is 2.43. The lowest BCUT2D eigenvalue weighted by molar-refractivity contribution is -0.384. The van der Waals surface area contributed by atoms with Crippen LogP contribution in [0.3, 0.4) is 0 Å². The van der Waals surface area contributed by atoms with E-state index in [1.165, 1.54) is 24.3 Å². The van der Waals surface area contributed by atoms with Gasteiger partial charge in [-0.3, -0.25) is 10.1 Å². The van der Waals surface area contributed by atoms with Crippen LogP contribution in [0.5, 0.6) is 0 Å². The molecule has 0 spiro atoms. The standard InChI is InChI=1S/C7H9N5O2/c8-10-7(11-9)5-1-3-6(4-2-5)12(13)14/h1-4H,8-9H2,(H,10,11). The molecular weight excluding hydrogens is 186 g/mol. The number of nitro benzene ring substituents is 1. The molecule has 0 amide bonds. The van der Waals surface area contributed by atoms with E-state index in [4.69, 9.17) is 11.7 Å². The molecule has 0 saturated heterocycles. The molecule has 0 atom stereocenters. The van der Waals surface area contributed by atoms with Crippen LogP contribution in [0.4, 0.5) is 5.69 Å². The first-order valence-electron chi connectivity index (χ1n) is 3.68. The summed E-state index contributed by atoms with van der Waals surface area (Å²) in [7, 11) is 0. The van der Waals surface area contributed by atoms with Gasteiger partial charge in [0.05, 0.1) is 4.92 Å². The van der Waals surface area contributed by atoms with Gasteiger partial charge in [-0.15, -0.1) is 0 Å². The van der Waals surface area contributed by atoms with E-state index in [0.717, 1.165) is 0 Å². The van der Waals surface area contributed by atoms with E-state index in [9.17, 15) is 10.1 Å². The van der Waals surface area contributed by atoms with Crippen LogP contribution in [-0.2, 0) is 0 Å². The van der Waals surface area contributed by atoms with E-state index in [-0.39, 0.29) is 11.5 Å². The smallest absolute Gasteiger partial charge is 0.269 e. The molecule has 74 valence electrons. The van der Waals surface area contributed by atoms with Gasteiger partial charge in [0.1, 0.15) is 0 Å². The molecule has 0 aromatic heterocycles. The van der Waals surface area contributed by atoms with Crippen molar-refractivity contribution in [3.8, 4) is 0 Å². The van der Waals surface area contributed by atoms with Gasteiger partial charge in [0, 0.05) is 17.7 Å². The van der Waals surface area contributed by atoms with Crippen LogP contribution in [0.25, 0.3) is 0 Å². The van der Waals surface area contributed by atoms with Gasteiger partial charge < -0.3 is 11.3 Å². The van der Waals surface area contributed by atoms with Gasteiger partial charge in [-0.2, -0.15) is 5.10 Å². The predicted octanol–water partition coefficient (Wildman–Crippen LogP) is -0.322. The first kappa shape index (κ1) is 9.93. The lowest BCUT2D eigenvalue weighted by Gasteiger charge is -2.02. The number of hydrogen-bond acceptors (Lipinski definition) is 5. The fraction of sp³-hybridized carbons (Fsp3) is 0. The summed E-state index contributed by atoms with van der Waals surface area (Å²) < 4.78 is 0. The number of nitrogens with two attached hydrogens (primary N) is 2.